The quantitative estimate of drug-likeness (QED) is 0.818. The zero-order valence-corrected chi connectivity index (χ0v) is 10.4. The van der Waals surface area contributed by atoms with Crippen LogP contribution < -0.4 is 10.2 Å². The van der Waals surface area contributed by atoms with Crippen molar-refractivity contribution < 1.29 is 4.79 Å². The van der Waals surface area contributed by atoms with Gasteiger partial charge in [-0.3, -0.25) is 4.79 Å². The SMILES string of the molecule is CC(C)C(=O)N1CCNc2ccccc21.Cl. The molecule has 2 rings (SSSR count). The summed E-state index contributed by atoms with van der Waals surface area (Å²) < 4.78 is 0. The molecule has 1 aromatic carbocycles. The molecule has 0 fully saturated rings. The molecule has 1 aromatic rings. The molecule has 0 saturated heterocycles. The third kappa shape index (κ3) is 2.30. The van der Waals surface area contributed by atoms with Crippen molar-refractivity contribution in [2.75, 3.05) is 23.3 Å². The van der Waals surface area contributed by atoms with Gasteiger partial charge in [-0.25, -0.2) is 0 Å². The number of carbonyl (C=O) groups excluding carboxylic acids is 1. The molecule has 0 aromatic heterocycles. The topological polar surface area (TPSA) is 32.3 Å². The molecule has 0 saturated carbocycles. The summed E-state index contributed by atoms with van der Waals surface area (Å²) in [6.07, 6.45) is 0. The Kier molecular flexibility index (Phi) is 4.19. The highest BCUT2D eigenvalue weighted by Gasteiger charge is 2.23. The smallest absolute Gasteiger partial charge is 0.229 e. The van der Waals surface area contributed by atoms with Crippen LogP contribution in [-0.2, 0) is 4.79 Å². The summed E-state index contributed by atoms with van der Waals surface area (Å²) in [6.45, 7) is 5.46. The minimum Gasteiger partial charge on any atom is -0.382 e. The van der Waals surface area contributed by atoms with Gasteiger partial charge in [-0.15, -0.1) is 12.4 Å². The minimum atomic E-state index is 0. The molecule has 1 amide bonds. The van der Waals surface area contributed by atoms with Crippen LogP contribution in [0.1, 0.15) is 13.8 Å². The Hall–Kier alpha value is -1.22. The van der Waals surface area contributed by atoms with E-state index >= 15 is 0 Å². The highest BCUT2D eigenvalue weighted by atomic mass is 35.5. The second-order valence-corrected chi connectivity index (χ2v) is 4.09. The van der Waals surface area contributed by atoms with Gasteiger partial charge in [0.2, 0.25) is 5.91 Å². The Balaban J connectivity index is 0.00000128. The van der Waals surface area contributed by atoms with E-state index in [1.807, 2.05) is 43.0 Å². The lowest BCUT2D eigenvalue weighted by Crippen LogP contribution is -2.41. The molecule has 16 heavy (non-hydrogen) atoms. The van der Waals surface area contributed by atoms with Crippen LogP contribution in [0.25, 0.3) is 0 Å². The van der Waals surface area contributed by atoms with Crippen molar-refractivity contribution in [2.24, 2.45) is 5.92 Å². The molecule has 0 spiro atoms. The molecule has 1 aliphatic rings. The van der Waals surface area contributed by atoms with Gasteiger partial charge >= 0.3 is 0 Å². The van der Waals surface area contributed by atoms with Gasteiger partial charge in [0.25, 0.3) is 0 Å². The lowest BCUT2D eigenvalue weighted by Gasteiger charge is -2.31. The van der Waals surface area contributed by atoms with Crippen molar-refractivity contribution in [1.82, 2.24) is 0 Å². The van der Waals surface area contributed by atoms with Crippen LogP contribution >= 0.6 is 12.4 Å². The van der Waals surface area contributed by atoms with Gasteiger partial charge in [0.15, 0.2) is 0 Å². The number of hydrogen-bond donors (Lipinski definition) is 1. The zero-order chi connectivity index (χ0) is 10.8. The first kappa shape index (κ1) is 12.8. The third-order valence-corrected chi connectivity index (χ3v) is 2.61. The summed E-state index contributed by atoms with van der Waals surface area (Å²) in [6, 6.07) is 7.94. The molecule has 88 valence electrons. The molecule has 0 aliphatic carbocycles. The van der Waals surface area contributed by atoms with Crippen LogP contribution in [0, 0.1) is 5.92 Å². The number of halogens is 1. The van der Waals surface area contributed by atoms with Crippen LogP contribution in [0.3, 0.4) is 0 Å². The fourth-order valence-electron chi connectivity index (χ4n) is 1.82. The molecule has 1 heterocycles. The number of nitrogens with one attached hydrogen (secondary N) is 1. The van der Waals surface area contributed by atoms with Crippen molar-refractivity contribution in [3.63, 3.8) is 0 Å². The maximum Gasteiger partial charge on any atom is 0.229 e. The van der Waals surface area contributed by atoms with Gasteiger partial charge < -0.3 is 10.2 Å². The second-order valence-electron chi connectivity index (χ2n) is 4.09. The van der Waals surface area contributed by atoms with E-state index in [-0.39, 0.29) is 24.2 Å². The third-order valence-electron chi connectivity index (χ3n) is 2.61. The number of para-hydroxylation sites is 2. The number of fused-ring (bicyclic) bond motifs is 1. The predicted octanol–water partition coefficient (Wildman–Crippen LogP) is 2.52. The lowest BCUT2D eigenvalue weighted by molar-refractivity contribution is -0.121. The van der Waals surface area contributed by atoms with Gasteiger partial charge in [0.05, 0.1) is 11.4 Å². The number of hydrogen-bond acceptors (Lipinski definition) is 2. The number of amides is 1. The minimum absolute atomic E-state index is 0. The lowest BCUT2D eigenvalue weighted by atomic mass is 10.1. The highest BCUT2D eigenvalue weighted by molar-refractivity contribution is 5.98. The van der Waals surface area contributed by atoms with Crippen LogP contribution in [0.4, 0.5) is 11.4 Å². The number of benzene rings is 1. The fraction of sp³-hybridized carbons (Fsp3) is 0.417. The van der Waals surface area contributed by atoms with Crippen LogP contribution in [0.2, 0.25) is 0 Å². The summed E-state index contributed by atoms with van der Waals surface area (Å²) in [5.74, 6) is 0.250. The summed E-state index contributed by atoms with van der Waals surface area (Å²) in [5.41, 5.74) is 2.06. The van der Waals surface area contributed by atoms with E-state index in [2.05, 4.69) is 5.32 Å². The fourth-order valence-corrected chi connectivity index (χ4v) is 1.82. The van der Waals surface area contributed by atoms with Gasteiger partial charge in [0, 0.05) is 19.0 Å². The van der Waals surface area contributed by atoms with Crippen molar-refractivity contribution in [3.8, 4) is 0 Å². The molecular formula is C12H17ClN2O. The maximum absolute atomic E-state index is 12.0. The van der Waals surface area contributed by atoms with Crippen molar-refractivity contribution in [3.05, 3.63) is 24.3 Å². The standard InChI is InChI=1S/C12H16N2O.ClH/c1-9(2)12(15)14-8-7-13-10-5-3-4-6-11(10)14;/h3-6,9,13H,7-8H2,1-2H3;1H. The summed E-state index contributed by atoms with van der Waals surface area (Å²) in [4.78, 5) is 13.8. The second kappa shape index (κ2) is 5.21. The van der Waals surface area contributed by atoms with Gasteiger partial charge in [-0.2, -0.15) is 0 Å². The highest BCUT2D eigenvalue weighted by Crippen LogP contribution is 2.29. The average Bonchev–Trinajstić information content (AvgIpc) is 2.27. The Morgan fingerprint density at radius 2 is 2.06 bits per heavy atom. The van der Waals surface area contributed by atoms with E-state index in [9.17, 15) is 4.79 Å². The zero-order valence-electron chi connectivity index (χ0n) is 9.56. The Bertz CT molecular complexity index is 379. The molecular weight excluding hydrogens is 224 g/mol. The maximum atomic E-state index is 12.0. The number of carbonyl (C=O) groups is 1. The van der Waals surface area contributed by atoms with E-state index in [0.29, 0.717) is 0 Å². The molecule has 0 bridgehead atoms. The Labute approximate surface area is 102 Å². The van der Waals surface area contributed by atoms with E-state index in [0.717, 1.165) is 24.5 Å². The van der Waals surface area contributed by atoms with Gasteiger partial charge in [-0.05, 0) is 12.1 Å². The molecule has 1 aliphatic heterocycles. The first-order chi connectivity index (χ1) is 7.20. The summed E-state index contributed by atoms with van der Waals surface area (Å²) in [5, 5.41) is 3.29. The van der Waals surface area contributed by atoms with Gasteiger partial charge in [0.1, 0.15) is 0 Å². The normalized spacial score (nSPS) is 13.8. The number of nitrogens with zero attached hydrogens (tertiary/aromatic N) is 1. The Morgan fingerprint density at radius 3 is 2.75 bits per heavy atom. The number of rotatable bonds is 1. The molecule has 0 unspecified atom stereocenters. The van der Waals surface area contributed by atoms with E-state index in [4.69, 9.17) is 0 Å². The van der Waals surface area contributed by atoms with Gasteiger partial charge in [-0.1, -0.05) is 26.0 Å². The monoisotopic (exact) mass is 240 g/mol. The van der Waals surface area contributed by atoms with Crippen LogP contribution in [-0.4, -0.2) is 19.0 Å². The molecule has 1 N–H and O–H groups in total. The average molecular weight is 241 g/mol. The predicted molar refractivity (Wildman–Crippen MR) is 69.4 cm³/mol. The van der Waals surface area contributed by atoms with E-state index < -0.39 is 0 Å². The number of anilines is 2. The summed E-state index contributed by atoms with van der Waals surface area (Å²) in [7, 11) is 0. The first-order valence-electron chi connectivity index (χ1n) is 5.34. The van der Waals surface area contributed by atoms with E-state index in [1.54, 1.807) is 0 Å². The molecule has 0 radical (unpaired) electrons. The van der Waals surface area contributed by atoms with Crippen molar-refractivity contribution in [1.29, 1.82) is 0 Å². The van der Waals surface area contributed by atoms with Crippen LogP contribution in [0.15, 0.2) is 24.3 Å². The largest absolute Gasteiger partial charge is 0.382 e. The first-order valence-corrected chi connectivity index (χ1v) is 5.34. The Morgan fingerprint density at radius 1 is 1.38 bits per heavy atom. The van der Waals surface area contributed by atoms with Crippen molar-refractivity contribution in [2.45, 2.75) is 13.8 Å². The van der Waals surface area contributed by atoms with E-state index in [1.165, 1.54) is 0 Å². The molecule has 3 nitrogen and oxygen atoms in total. The van der Waals surface area contributed by atoms with Crippen LogP contribution in [0.5, 0.6) is 0 Å². The van der Waals surface area contributed by atoms with Crippen molar-refractivity contribution >= 4 is 29.7 Å². The molecule has 4 heteroatoms. The summed E-state index contributed by atoms with van der Waals surface area (Å²) >= 11 is 0. The molecule has 0 atom stereocenters.